The summed E-state index contributed by atoms with van der Waals surface area (Å²) in [4.78, 5) is 14.4. The molecule has 1 N–H and O–H groups in total. The summed E-state index contributed by atoms with van der Waals surface area (Å²) in [6.07, 6.45) is 4.19. The maximum absolute atomic E-state index is 13.6. The van der Waals surface area contributed by atoms with Crippen LogP contribution in [0.15, 0.2) is 42.6 Å². The number of aryl methyl sites for hydroxylation is 1. The van der Waals surface area contributed by atoms with E-state index in [0.717, 1.165) is 19.4 Å². The predicted molar refractivity (Wildman–Crippen MR) is 87.2 cm³/mol. The van der Waals surface area contributed by atoms with Gasteiger partial charge in [-0.2, -0.15) is 0 Å². The standard InChI is InChI=1S/C18H22FN3O/c1-21-10-4-8-16(21)17-9-5-11-22(17)13-18(23)20-12-14-6-2-3-7-15(14)19/h2-4,6-8,10,17H,5,9,11-13H2,1H3,(H,20,23)/t17-/m1/s1. The number of likely N-dealkylation sites (tertiary alicyclic amines) is 1. The van der Waals surface area contributed by atoms with Crippen molar-refractivity contribution in [1.82, 2.24) is 14.8 Å². The van der Waals surface area contributed by atoms with Crippen molar-refractivity contribution in [3.63, 3.8) is 0 Å². The number of benzene rings is 1. The Hall–Kier alpha value is -2.14. The van der Waals surface area contributed by atoms with Crippen LogP contribution in [0.25, 0.3) is 0 Å². The summed E-state index contributed by atoms with van der Waals surface area (Å²) in [5.41, 5.74) is 1.76. The molecule has 1 amide bonds. The SMILES string of the molecule is Cn1cccc1[C@H]1CCCN1CC(=O)NCc1ccccc1F. The molecule has 0 unspecified atom stereocenters. The number of carbonyl (C=O) groups is 1. The van der Waals surface area contributed by atoms with Gasteiger partial charge in [0.05, 0.1) is 12.6 Å². The van der Waals surface area contributed by atoms with Crippen molar-refractivity contribution in [2.24, 2.45) is 7.05 Å². The van der Waals surface area contributed by atoms with E-state index in [1.165, 1.54) is 11.8 Å². The Morgan fingerprint density at radius 3 is 2.87 bits per heavy atom. The third-order valence-electron chi connectivity index (χ3n) is 4.47. The van der Waals surface area contributed by atoms with Crippen LogP contribution in [0.5, 0.6) is 0 Å². The van der Waals surface area contributed by atoms with Crippen LogP contribution in [-0.4, -0.2) is 28.5 Å². The molecule has 3 rings (SSSR count). The first-order valence-corrected chi connectivity index (χ1v) is 8.00. The van der Waals surface area contributed by atoms with E-state index in [0.29, 0.717) is 12.1 Å². The average molecular weight is 315 g/mol. The lowest BCUT2D eigenvalue weighted by atomic mass is 10.1. The molecule has 5 heteroatoms. The molecule has 23 heavy (non-hydrogen) atoms. The number of hydrogen-bond donors (Lipinski definition) is 1. The van der Waals surface area contributed by atoms with E-state index in [4.69, 9.17) is 0 Å². The molecule has 122 valence electrons. The second-order valence-electron chi connectivity index (χ2n) is 6.04. The van der Waals surface area contributed by atoms with E-state index in [-0.39, 0.29) is 24.3 Å². The monoisotopic (exact) mass is 315 g/mol. The molecule has 1 aromatic carbocycles. The van der Waals surface area contributed by atoms with Gasteiger partial charge in [0.2, 0.25) is 5.91 Å². The van der Waals surface area contributed by atoms with Crippen LogP contribution in [0.4, 0.5) is 4.39 Å². The van der Waals surface area contributed by atoms with Gasteiger partial charge in [-0.05, 0) is 37.6 Å². The number of nitrogens with one attached hydrogen (secondary N) is 1. The second kappa shape index (κ2) is 6.96. The van der Waals surface area contributed by atoms with Gasteiger partial charge in [0.25, 0.3) is 0 Å². The Morgan fingerprint density at radius 2 is 2.13 bits per heavy atom. The maximum Gasteiger partial charge on any atom is 0.234 e. The van der Waals surface area contributed by atoms with E-state index in [2.05, 4.69) is 20.9 Å². The molecule has 1 saturated heterocycles. The van der Waals surface area contributed by atoms with Crippen molar-refractivity contribution in [3.8, 4) is 0 Å². The van der Waals surface area contributed by atoms with Crippen LogP contribution in [0, 0.1) is 5.82 Å². The molecular formula is C18H22FN3O. The van der Waals surface area contributed by atoms with Crippen molar-refractivity contribution in [3.05, 3.63) is 59.7 Å². The number of nitrogens with zero attached hydrogens (tertiary/aromatic N) is 2. The number of rotatable bonds is 5. The first-order valence-electron chi connectivity index (χ1n) is 8.00. The lowest BCUT2D eigenvalue weighted by molar-refractivity contribution is -0.122. The van der Waals surface area contributed by atoms with Gasteiger partial charge in [-0.3, -0.25) is 9.69 Å². The van der Waals surface area contributed by atoms with Gasteiger partial charge in [-0.15, -0.1) is 0 Å². The molecule has 1 atom stereocenters. The summed E-state index contributed by atoms with van der Waals surface area (Å²) < 4.78 is 15.7. The lowest BCUT2D eigenvalue weighted by Crippen LogP contribution is -2.37. The summed E-state index contributed by atoms with van der Waals surface area (Å²) in [5.74, 6) is -0.343. The zero-order chi connectivity index (χ0) is 16.2. The zero-order valence-electron chi connectivity index (χ0n) is 13.3. The van der Waals surface area contributed by atoms with Crippen LogP contribution in [-0.2, 0) is 18.4 Å². The van der Waals surface area contributed by atoms with Crippen molar-refractivity contribution in [1.29, 1.82) is 0 Å². The molecule has 1 aliphatic heterocycles. The van der Waals surface area contributed by atoms with Crippen molar-refractivity contribution < 1.29 is 9.18 Å². The molecule has 0 radical (unpaired) electrons. The number of hydrogen-bond acceptors (Lipinski definition) is 2. The highest BCUT2D eigenvalue weighted by Crippen LogP contribution is 2.31. The smallest absolute Gasteiger partial charge is 0.234 e. The Labute approximate surface area is 135 Å². The summed E-state index contributed by atoms with van der Waals surface area (Å²) in [6, 6.07) is 11.0. The third-order valence-corrected chi connectivity index (χ3v) is 4.47. The Kier molecular flexibility index (Phi) is 4.76. The molecule has 2 aromatic rings. The van der Waals surface area contributed by atoms with Crippen molar-refractivity contribution in [2.45, 2.75) is 25.4 Å². The van der Waals surface area contributed by atoms with Crippen LogP contribution in [0.3, 0.4) is 0 Å². The van der Waals surface area contributed by atoms with Crippen LogP contribution < -0.4 is 5.32 Å². The molecule has 0 bridgehead atoms. The quantitative estimate of drug-likeness (QED) is 0.921. The number of aromatic nitrogens is 1. The molecule has 0 aliphatic carbocycles. The van der Waals surface area contributed by atoms with E-state index < -0.39 is 0 Å². The number of halogens is 1. The van der Waals surface area contributed by atoms with E-state index in [1.54, 1.807) is 18.2 Å². The summed E-state index contributed by atoms with van der Waals surface area (Å²) >= 11 is 0. The van der Waals surface area contributed by atoms with Crippen molar-refractivity contribution >= 4 is 5.91 Å². The first kappa shape index (κ1) is 15.7. The van der Waals surface area contributed by atoms with Gasteiger partial charge in [0.1, 0.15) is 5.82 Å². The maximum atomic E-state index is 13.6. The van der Waals surface area contributed by atoms with Gasteiger partial charge in [-0.1, -0.05) is 18.2 Å². The fraction of sp³-hybridized carbons (Fsp3) is 0.389. The fourth-order valence-electron chi connectivity index (χ4n) is 3.25. The Morgan fingerprint density at radius 1 is 1.30 bits per heavy atom. The average Bonchev–Trinajstić information content (AvgIpc) is 3.15. The molecule has 0 spiro atoms. The minimum Gasteiger partial charge on any atom is -0.353 e. The zero-order valence-corrected chi connectivity index (χ0v) is 13.3. The summed E-state index contributed by atoms with van der Waals surface area (Å²) in [5, 5.41) is 2.82. The highest BCUT2D eigenvalue weighted by Gasteiger charge is 2.28. The Balaban J connectivity index is 1.57. The summed E-state index contributed by atoms with van der Waals surface area (Å²) in [7, 11) is 2.03. The topological polar surface area (TPSA) is 37.3 Å². The molecule has 0 saturated carbocycles. The van der Waals surface area contributed by atoms with Gasteiger partial charge in [0, 0.05) is 31.0 Å². The van der Waals surface area contributed by atoms with Gasteiger partial charge in [-0.25, -0.2) is 4.39 Å². The van der Waals surface area contributed by atoms with Gasteiger partial charge < -0.3 is 9.88 Å². The fourth-order valence-corrected chi connectivity index (χ4v) is 3.25. The largest absolute Gasteiger partial charge is 0.353 e. The number of amides is 1. The highest BCUT2D eigenvalue weighted by molar-refractivity contribution is 5.78. The van der Waals surface area contributed by atoms with Crippen LogP contribution >= 0.6 is 0 Å². The minimum atomic E-state index is -0.282. The highest BCUT2D eigenvalue weighted by atomic mass is 19.1. The molecule has 1 aromatic heterocycles. The van der Waals surface area contributed by atoms with Gasteiger partial charge >= 0.3 is 0 Å². The molecule has 4 nitrogen and oxygen atoms in total. The second-order valence-corrected chi connectivity index (χ2v) is 6.04. The van der Waals surface area contributed by atoms with Crippen molar-refractivity contribution in [2.75, 3.05) is 13.1 Å². The molecule has 1 aliphatic rings. The van der Waals surface area contributed by atoms with Crippen LogP contribution in [0.1, 0.15) is 30.1 Å². The molecule has 2 heterocycles. The van der Waals surface area contributed by atoms with Gasteiger partial charge in [0.15, 0.2) is 0 Å². The van der Waals surface area contributed by atoms with E-state index in [9.17, 15) is 9.18 Å². The Bertz CT molecular complexity index is 682. The first-order chi connectivity index (χ1) is 11.1. The van der Waals surface area contributed by atoms with Crippen LogP contribution in [0.2, 0.25) is 0 Å². The molecule has 1 fully saturated rings. The molecular weight excluding hydrogens is 293 g/mol. The third kappa shape index (κ3) is 3.62. The number of carbonyl (C=O) groups excluding carboxylic acids is 1. The normalized spacial score (nSPS) is 18.3. The summed E-state index contributed by atoms with van der Waals surface area (Å²) in [6.45, 7) is 1.50. The predicted octanol–water partition coefficient (Wildman–Crippen LogP) is 2.62. The minimum absolute atomic E-state index is 0.0608. The lowest BCUT2D eigenvalue weighted by Gasteiger charge is -2.24. The van der Waals surface area contributed by atoms with E-state index in [1.807, 2.05) is 19.3 Å². The van der Waals surface area contributed by atoms with E-state index >= 15 is 0 Å².